The van der Waals surface area contributed by atoms with Gasteiger partial charge in [-0.1, -0.05) is 23.7 Å². The number of carbonyl (C=O) groups is 2. The zero-order valence-electron chi connectivity index (χ0n) is 14.2. The number of benzene rings is 1. The molecule has 2 N–H and O–H groups in total. The summed E-state index contributed by atoms with van der Waals surface area (Å²) >= 11 is 6.19. The second kappa shape index (κ2) is 7.23. The van der Waals surface area contributed by atoms with Gasteiger partial charge in [0, 0.05) is 24.5 Å². The van der Waals surface area contributed by atoms with Crippen molar-refractivity contribution in [1.29, 1.82) is 0 Å². The molecule has 5 nitrogen and oxygen atoms in total. The SMILES string of the molecule is Cc1ccncc1C(=O)NC1CC(NC(=O)c2cccc(C)c2Cl)C1. The second-order valence-electron chi connectivity index (χ2n) is 6.44. The highest BCUT2D eigenvalue weighted by molar-refractivity contribution is 6.34. The molecule has 1 saturated carbocycles. The first kappa shape index (κ1) is 17.4. The summed E-state index contributed by atoms with van der Waals surface area (Å²) in [6.45, 7) is 3.75. The van der Waals surface area contributed by atoms with Crippen molar-refractivity contribution in [2.45, 2.75) is 38.8 Å². The van der Waals surface area contributed by atoms with Crippen LogP contribution in [0, 0.1) is 13.8 Å². The van der Waals surface area contributed by atoms with E-state index in [1.165, 1.54) is 0 Å². The molecule has 0 saturated heterocycles. The summed E-state index contributed by atoms with van der Waals surface area (Å²) < 4.78 is 0. The zero-order chi connectivity index (χ0) is 18.0. The molecule has 1 aromatic carbocycles. The maximum Gasteiger partial charge on any atom is 0.253 e. The molecule has 1 aromatic heterocycles. The van der Waals surface area contributed by atoms with Crippen LogP contribution in [0.15, 0.2) is 36.7 Å². The Kier molecular flexibility index (Phi) is 5.04. The molecule has 0 unspecified atom stereocenters. The van der Waals surface area contributed by atoms with Gasteiger partial charge in [0.1, 0.15) is 0 Å². The van der Waals surface area contributed by atoms with Gasteiger partial charge in [0.05, 0.1) is 16.1 Å². The van der Waals surface area contributed by atoms with E-state index in [2.05, 4.69) is 15.6 Å². The van der Waals surface area contributed by atoms with Crippen LogP contribution in [0.5, 0.6) is 0 Å². The normalized spacial score (nSPS) is 19.0. The van der Waals surface area contributed by atoms with Gasteiger partial charge in [0.2, 0.25) is 0 Å². The van der Waals surface area contributed by atoms with E-state index < -0.39 is 0 Å². The fourth-order valence-electron chi connectivity index (χ4n) is 2.90. The van der Waals surface area contributed by atoms with Crippen molar-refractivity contribution in [3.8, 4) is 0 Å². The molecule has 0 atom stereocenters. The van der Waals surface area contributed by atoms with Crippen molar-refractivity contribution >= 4 is 23.4 Å². The molecule has 0 bridgehead atoms. The van der Waals surface area contributed by atoms with Gasteiger partial charge in [-0.2, -0.15) is 0 Å². The minimum Gasteiger partial charge on any atom is -0.349 e. The molecular formula is C19H20ClN3O2. The quantitative estimate of drug-likeness (QED) is 0.883. The first-order valence-corrected chi connectivity index (χ1v) is 8.61. The van der Waals surface area contributed by atoms with Crippen molar-refractivity contribution in [2.75, 3.05) is 0 Å². The van der Waals surface area contributed by atoms with Gasteiger partial charge in [0.25, 0.3) is 11.8 Å². The molecule has 130 valence electrons. The Morgan fingerprint density at radius 3 is 2.28 bits per heavy atom. The molecule has 3 rings (SSSR count). The minimum absolute atomic E-state index is 0.0457. The fourth-order valence-corrected chi connectivity index (χ4v) is 3.12. The lowest BCUT2D eigenvalue weighted by atomic mass is 9.86. The van der Waals surface area contributed by atoms with E-state index in [-0.39, 0.29) is 23.9 Å². The number of hydrogen-bond acceptors (Lipinski definition) is 3. The van der Waals surface area contributed by atoms with E-state index in [1.54, 1.807) is 18.5 Å². The van der Waals surface area contributed by atoms with Crippen LogP contribution < -0.4 is 10.6 Å². The molecular weight excluding hydrogens is 338 g/mol. The van der Waals surface area contributed by atoms with Crippen LogP contribution >= 0.6 is 11.6 Å². The molecule has 0 radical (unpaired) electrons. The number of aromatic nitrogens is 1. The number of aryl methyl sites for hydroxylation is 2. The van der Waals surface area contributed by atoms with E-state index in [1.807, 2.05) is 32.0 Å². The Morgan fingerprint density at radius 2 is 1.64 bits per heavy atom. The minimum atomic E-state index is -0.174. The highest BCUT2D eigenvalue weighted by Gasteiger charge is 2.32. The average molecular weight is 358 g/mol. The van der Waals surface area contributed by atoms with Crippen LogP contribution in [0.2, 0.25) is 5.02 Å². The van der Waals surface area contributed by atoms with Gasteiger partial charge >= 0.3 is 0 Å². The van der Waals surface area contributed by atoms with Gasteiger partial charge in [0.15, 0.2) is 0 Å². The van der Waals surface area contributed by atoms with Crippen molar-refractivity contribution in [3.63, 3.8) is 0 Å². The third-order valence-electron chi connectivity index (χ3n) is 4.53. The lowest BCUT2D eigenvalue weighted by molar-refractivity contribution is 0.0862. The summed E-state index contributed by atoms with van der Waals surface area (Å²) in [5, 5.41) is 6.43. The van der Waals surface area contributed by atoms with Crippen molar-refractivity contribution in [1.82, 2.24) is 15.6 Å². The monoisotopic (exact) mass is 357 g/mol. The number of nitrogens with zero attached hydrogens (tertiary/aromatic N) is 1. The van der Waals surface area contributed by atoms with Crippen LogP contribution in [0.25, 0.3) is 0 Å². The summed E-state index contributed by atoms with van der Waals surface area (Å²) in [5.41, 5.74) is 2.84. The Morgan fingerprint density at radius 1 is 1.00 bits per heavy atom. The lowest BCUT2D eigenvalue weighted by Gasteiger charge is -2.36. The van der Waals surface area contributed by atoms with Gasteiger partial charge < -0.3 is 10.6 Å². The number of rotatable bonds is 4. The van der Waals surface area contributed by atoms with Gasteiger partial charge in [-0.05, 0) is 49.9 Å². The second-order valence-corrected chi connectivity index (χ2v) is 6.82. The maximum atomic E-state index is 12.3. The number of nitrogens with one attached hydrogen (secondary N) is 2. The zero-order valence-corrected chi connectivity index (χ0v) is 14.9. The predicted octanol–water partition coefficient (Wildman–Crippen LogP) is 3.04. The molecule has 2 aromatic rings. The summed E-state index contributed by atoms with van der Waals surface area (Å²) in [6.07, 6.45) is 4.65. The van der Waals surface area contributed by atoms with Crippen LogP contribution in [0.3, 0.4) is 0 Å². The first-order valence-electron chi connectivity index (χ1n) is 8.23. The molecule has 2 amide bonds. The van der Waals surface area contributed by atoms with Crippen molar-refractivity contribution in [2.24, 2.45) is 0 Å². The van der Waals surface area contributed by atoms with E-state index in [9.17, 15) is 9.59 Å². The largest absolute Gasteiger partial charge is 0.349 e. The van der Waals surface area contributed by atoms with E-state index in [4.69, 9.17) is 11.6 Å². The smallest absolute Gasteiger partial charge is 0.253 e. The molecule has 1 fully saturated rings. The standard InChI is InChI=1S/C19H20ClN3O2/c1-11-6-7-21-10-16(11)19(25)23-14-8-13(9-14)22-18(24)15-5-3-4-12(2)17(15)20/h3-7,10,13-14H,8-9H2,1-2H3,(H,22,24)(H,23,25). The summed E-state index contributed by atoms with van der Waals surface area (Å²) in [7, 11) is 0. The van der Waals surface area contributed by atoms with Crippen LogP contribution in [-0.4, -0.2) is 28.9 Å². The van der Waals surface area contributed by atoms with Crippen LogP contribution in [0.4, 0.5) is 0 Å². The number of hydrogen-bond donors (Lipinski definition) is 2. The Bertz CT molecular complexity index is 816. The van der Waals surface area contributed by atoms with Crippen molar-refractivity contribution < 1.29 is 9.59 Å². The van der Waals surface area contributed by atoms with E-state index in [0.717, 1.165) is 11.1 Å². The third kappa shape index (κ3) is 3.82. The number of carbonyl (C=O) groups excluding carboxylic acids is 2. The Balaban J connectivity index is 1.51. The van der Waals surface area contributed by atoms with Crippen molar-refractivity contribution in [3.05, 3.63) is 63.9 Å². The summed E-state index contributed by atoms with van der Waals surface area (Å²) in [4.78, 5) is 28.6. The summed E-state index contributed by atoms with van der Waals surface area (Å²) in [5.74, 6) is -0.298. The third-order valence-corrected chi connectivity index (χ3v) is 5.03. The fraction of sp³-hybridized carbons (Fsp3) is 0.316. The number of pyridine rings is 1. The van der Waals surface area contributed by atoms with Gasteiger partial charge in [-0.15, -0.1) is 0 Å². The first-order chi connectivity index (χ1) is 12.0. The number of halogens is 1. The van der Waals surface area contributed by atoms with Gasteiger partial charge in [-0.3, -0.25) is 14.6 Å². The summed E-state index contributed by atoms with van der Waals surface area (Å²) in [6, 6.07) is 7.32. The lowest BCUT2D eigenvalue weighted by Crippen LogP contribution is -2.53. The number of amides is 2. The maximum absolute atomic E-state index is 12.3. The highest BCUT2D eigenvalue weighted by Crippen LogP contribution is 2.24. The van der Waals surface area contributed by atoms with Crippen LogP contribution in [0.1, 0.15) is 44.7 Å². The molecule has 6 heteroatoms. The molecule has 25 heavy (non-hydrogen) atoms. The van der Waals surface area contributed by atoms with Crippen LogP contribution in [-0.2, 0) is 0 Å². The Labute approximate surface area is 151 Å². The molecule has 0 spiro atoms. The topological polar surface area (TPSA) is 71.1 Å². The Hall–Kier alpha value is -2.40. The molecule has 1 aliphatic carbocycles. The average Bonchev–Trinajstić information content (AvgIpc) is 2.55. The van der Waals surface area contributed by atoms with E-state index >= 15 is 0 Å². The van der Waals surface area contributed by atoms with E-state index in [0.29, 0.717) is 29.0 Å². The molecule has 1 heterocycles. The molecule has 1 aliphatic rings. The predicted molar refractivity (Wildman–Crippen MR) is 96.9 cm³/mol. The highest BCUT2D eigenvalue weighted by atomic mass is 35.5. The van der Waals surface area contributed by atoms with Gasteiger partial charge in [-0.25, -0.2) is 0 Å². The molecule has 0 aliphatic heterocycles.